The lowest BCUT2D eigenvalue weighted by atomic mass is 9.97. The standard InChI is InChI=1S/C31H31ClN2O4/c1-4-20-8-15-26-25(18-20)29(35)27-28(34(17-5-16-33(2)3)31(36)30(27)38-26)22-9-13-24(14-10-22)37-19-21-6-11-23(32)12-7-21/h6-15,18,28H,4-5,16-17,19H2,1-3H3. The lowest BCUT2D eigenvalue weighted by Gasteiger charge is -2.26. The molecule has 2 heterocycles. The van der Waals surface area contributed by atoms with E-state index >= 15 is 0 Å². The fourth-order valence-electron chi connectivity index (χ4n) is 4.92. The number of carbonyl (C=O) groups excluding carboxylic acids is 1. The van der Waals surface area contributed by atoms with Crippen molar-refractivity contribution in [1.82, 2.24) is 9.80 Å². The van der Waals surface area contributed by atoms with E-state index in [0.717, 1.165) is 36.1 Å². The Bertz CT molecular complexity index is 1510. The largest absolute Gasteiger partial charge is 0.489 e. The van der Waals surface area contributed by atoms with Crippen molar-refractivity contribution in [3.8, 4) is 5.75 Å². The molecule has 0 radical (unpaired) electrons. The van der Waals surface area contributed by atoms with Crippen molar-refractivity contribution in [1.29, 1.82) is 0 Å². The quantitative estimate of drug-likeness (QED) is 0.262. The van der Waals surface area contributed by atoms with Gasteiger partial charge in [0, 0.05) is 11.6 Å². The highest BCUT2D eigenvalue weighted by Crippen LogP contribution is 2.38. The molecule has 0 saturated carbocycles. The summed E-state index contributed by atoms with van der Waals surface area (Å²) in [5.41, 5.74) is 3.62. The van der Waals surface area contributed by atoms with Gasteiger partial charge in [0.25, 0.3) is 5.91 Å². The first-order chi connectivity index (χ1) is 18.4. The van der Waals surface area contributed by atoms with Crippen molar-refractivity contribution in [2.24, 2.45) is 0 Å². The maximum atomic E-state index is 13.8. The summed E-state index contributed by atoms with van der Waals surface area (Å²) in [7, 11) is 4.01. The molecule has 5 rings (SSSR count). The predicted octanol–water partition coefficient (Wildman–Crippen LogP) is 6.08. The average Bonchev–Trinajstić information content (AvgIpc) is 3.20. The molecule has 1 atom stereocenters. The van der Waals surface area contributed by atoms with E-state index in [-0.39, 0.29) is 17.1 Å². The third-order valence-corrected chi connectivity index (χ3v) is 7.21. The van der Waals surface area contributed by atoms with E-state index in [1.54, 1.807) is 11.0 Å². The van der Waals surface area contributed by atoms with Gasteiger partial charge >= 0.3 is 0 Å². The Balaban J connectivity index is 1.49. The molecule has 0 fully saturated rings. The highest BCUT2D eigenvalue weighted by atomic mass is 35.5. The molecule has 0 bridgehead atoms. The van der Waals surface area contributed by atoms with E-state index in [1.165, 1.54) is 0 Å². The Labute approximate surface area is 227 Å². The number of nitrogens with zero attached hydrogens (tertiary/aromatic N) is 2. The molecule has 1 aliphatic rings. The van der Waals surface area contributed by atoms with Crippen LogP contribution < -0.4 is 10.2 Å². The number of carbonyl (C=O) groups is 1. The number of aryl methyl sites for hydroxylation is 1. The van der Waals surface area contributed by atoms with Crippen molar-refractivity contribution in [2.75, 3.05) is 27.2 Å². The van der Waals surface area contributed by atoms with E-state index in [0.29, 0.717) is 40.5 Å². The summed E-state index contributed by atoms with van der Waals surface area (Å²) >= 11 is 5.97. The van der Waals surface area contributed by atoms with E-state index in [4.69, 9.17) is 20.8 Å². The highest BCUT2D eigenvalue weighted by molar-refractivity contribution is 6.30. The van der Waals surface area contributed by atoms with Gasteiger partial charge in [0.1, 0.15) is 17.9 Å². The van der Waals surface area contributed by atoms with Gasteiger partial charge in [0.15, 0.2) is 5.43 Å². The summed E-state index contributed by atoms with van der Waals surface area (Å²) in [5.74, 6) is 0.598. The number of hydrogen-bond acceptors (Lipinski definition) is 5. The SMILES string of the molecule is CCc1ccc2oc3c(c(=O)c2c1)C(c1ccc(OCc2ccc(Cl)cc2)cc1)N(CCCN(C)C)C3=O. The van der Waals surface area contributed by atoms with Crippen LogP contribution in [0.15, 0.2) is 75.9 Å². The molecular weight excluding hydrogens is 500 g/mol. The van der Waals surface area contributed by atoms with Gasteiger partial charge < -0.3 is 19.0 Å². The maximum absolute atomic E-state index is 13.8. The number of rotatable bonds is 9. The van der Waals surface area contributed by atoms with Gasteiger partial charge in [-0.15, -0.1) is 0 Å². The molecule has 0 aliphatic carbocycles. The summed E-state index contributed by atoms with van der Waals surface area (Å²) < 4.78 is 12.0. The summed E-state index contributed by atoms with van der Waals surface area (Å²) in [4.78, 5) is 31.2. The van der Waals surface area contributed by atoms with E-state index in [9.17, 15) is 9.59 Å². The van der Waals surface area contributed by atoms with Gasteiger partial charge in [-0.3, -0.25) is 9.59 Å². The molecule has 3 aromatic carbocycles. The summed E-state index contributed by atoms with van der Waals surface area (Å²) in [6.45, 7) is 3.79. The molecule has 4 aromatic rings. The Hall–Kier alpha value is -3.61. The van der Waals surface area contributed by atoms with E-state index in [2.05, 4.69) is 4.90 Å². The molecule has 1 amide bonds. The first-order valence-electron chi connectivity index (χ1n) is 12.9. The molecular formula is C31H31ClN2O4. The van der Waals surface area contributed by atoms with Crippen LogP contribution in [0.1, 0.15) is 52.2 Å². The number of benzene rings is 3. The monoisotopic (exact) mass is 530 g/mol. The minimum absolute atomic E-state index is 0.143. The third-order valence-electron chi connectivity index (χ3n) is 6.96. The fraction of sp³-hybridized carbons (Fsp3) is 0.290. The molecule has 1 aromatic heterocycles. The van der Waals surface area contributed by atoms with Crippen LogP contribution in [0.5, 0.6) is 5.75 Å². The van der Waals surface area contributed by atoms with Crippen LogP contribution in [0.2, 0.25) is 5.02 Å². The van der Waals surface area contributed by atoms with Crippen LogP contribution in [-0.2, 0) is 13.0 Å². The molecule has 0 spiro atoms. The zero-order valence-electron chi connectivity index (χ0n) is 21.9. The van der Waals surface area contributed by atoms with Crippen LogP contribution >= 0.6 is 11.6 Å². The second kappa shape index (κ2) is 11.0. The molecule has 38 heavy (non-hydrogen) atoms. The molecule has 6 nitrogen and oxygen atoms in total. The zero-order chi connectivity index (χ0) is 26.8. The van der Waals surface area contributed by atoms with Crippen LogP contribution in [0.3, 0.4) is 0 Å². The molecule has 1 unspecified atom stereocenters. The van der Waals surface area contributed by atoms with Crippen molar-refractivity contribution >= 4 is 28.5 Å². The maximum Gasteiger partial charge on any atom is 0.290 e. The first kappa shape index (κ1) is 26.0. The van der Waals surface area contributed by atoms with Crippen LogP contribution in [0.4, 0.5) is 0 Å². The lowest BCUT2D eigenvalue weighted by Crippen LogP contribution is -2.32. The summed E-state index contributed by atoms with van der Waals surface area (Å²) in [5, 5.41) is 1.20. The fourth-order valence-corrected chi connectivity index (χ4v) is 5.04. The van der Waals surface area contributed by atoms with Crippen molar-refractivity contribution in [3.05, 3.63) is 110 Å². The summed E-state index contributed by atoms with van der Waals surface area (Å²) in [6.07, 6.45) is 1.59. The molecule has 0 N–H and O–H groups in total. The Kier molecular flexibility index (Phi) is 7.54. The van der Waals surface area contributed by atoms with E-state index in [1.807, 2.05) is 81.7 Å². The smallest absolute Gasteiger partial charge is 0.290 e. The van der Waals surface area contributed by atoms with Gasteiger partial charge in [0.05, 0.1) is 17.0 Å². The van der Waals surface area contributed by atoms with Gasteiger partial charge in [-0.25, -0.2) is 0 Å². The second-order valence-corrected chi connectivity index (χ2v) is 10.3. The Morgan fingerprint density at radius 1 is 0.974 bits per heavy atom. The van der Waals surface area contributed by atoms with Gasteiger partial charge in [-0.05, 0) is 86.6 Å². The Morgan fingerprint density at radius 3 is 2.37 bits per heavy atom. The van der Waals surface area contributed by atoms with Crippen molar-refractivity contribution < 1.29 is 13.9 Å². The first-order valence-corrected chi connectivity index (χ1v) is 13.3. The lowest BCUT2D eigenvalue weighted by molar-refractivity contribution is 0.0722. The number of fused-ring (bicyclic) bond motifs is 2. The third kappa shape index (κ3) is 5.19. The van der Waals surface area contributed by atoms with Crippen LogP contribution in [0.25, 0.3) is 11.0 Å². The predicted molar refractivity (Wildman–Crippen MR) is 150 cm³/mol. The average molecular weight is 531 g/mol. The zero-order valence-corrected chi connectivity index (χ0v) is 22.6. The topological polar surface area (TPSA) is 63.0 Å². The normalized spacial score (nSPS) is 14.9. The minimum atomic E-state index is -0.518. The van der Waals surface area contributed by atoms with Crippen molar-refractivity contribution in [3.63, 3.8) is 0 Å². The highest BCUT2D eigenvalue weighted by Gasteiger charge is 2.42. The van der Waals surface area contributed by atoms with Gasteiger partial charge in [-0.2, -0.15) is 0 Å². The number of amides is 1. The minimum Gasteiger partial charge on any atom is -0.489 e. The Morgan fingerprint density at radius 2 is 1.68 bits per heavy atom. The second-order valence-electron chi connectivity index (χ2n) is 9.90. The molecule has 1 aliphatic heterocycles. The molecule has 7 heteroatoms. The number of ether oxygens (including phenoxy) is 1. The number of halogens is 1. The van der Waals surface area contributed by atoms with Crippen molar-refractivity contribution in [2.45, 2.75) is 32.4 Å². The molecule has 0 saturated heterocycles. The number of hydrogen-bond donors (Lipinski definition) is 0. The van der Waals surface area contributed by atoms with Gasteiger partial charge in [-0.1, -0.05) is 48.9 Å². The molecule has 196 valence electrons. The van der Waals surface area contributed by atoms with Crippen LogP contribution in [0, 0.1) is 0 Å². The van der Waals surface area contributed by atoms with E-state index < -0.39 is 6.04 Å². The van der Waals surface area contributed by atoms with Crippen LogP contribution in [-0.4, -0.2) is 42.9 Å². The van der Waals surface area contributed by atoms with Gasteiger partial charge in [0.2, 0.25) is 5.76 Å². The summed E-state index contributed by atoms with van der Waals surface area (Å²) in [6, 6.07) is 20.2.